The van der Waals surface area contributed by atoms with Crippen LogP contribution in [0.2, 0.25) is 0 Å². The van der Waals surface area contributed by atoms with E-state index in [2.05, 4.69) is 43.3 Å². The van der Waals surface area contributed by atoms with Gasteiger partial charge in [-0.2, -0.15) is 34.2 Å². The SMILES string of the molecule is CCCCOc1ccc(C2(S)CCCCC2)c2ccccc12.O=S(=O)(O)C(F)(F)F. The molecule has 30 heavy (non-hydrogen) atoms. The fourth-order valence-corrected chi connectivity index (χ4v) is 4.05. The second-order valence-corrected chi connectivity index (χ2v) is 9.64. The predicted octanol–water partition coefficient (Wildman–Crippen LogP) is 6.50. The van der Waals surface area contributed by atoms with Gasteiger partial charge in [-0.05, 0) is 36.3 Å². The van der Waals surface area contributed by atoms with Crippen molar-refractivity contribution >= 4 is 33.5 Å². The van der Waals surface area contributed by atoms with E-state index >= 15 is 0 Å². The van der Waals surface area contributed by atoms with Crippen LogP contribution >= 0.6 is 12.6 Å². The molecule has 1 saturated carbocycles. The van der Waals surface area contributed by atoms with Crippen molar-refractivity contribution in [3.05, 3.63) is 42.0 Å². The number of rotatable bonds is 5. The zero-order valence-corrected chi connectivity index (χ0v) is 18.5. The molecule has 1 aliphatic carbocycles. The van der Waals surface area contributed by atoms with Crippen molar-refractivity contribution in [1.29, 1.82) is 0 Å². The van der Waals surface area contributed by atoms with E-state index in [4.69, 9.17) is 30.3 Å². The molecule has 168 valence electrons. The number of hydrogen-bond acceptors (Lipinski definition) is 4. The van der Waals surface area contributed by atoms with Gasteiger partial charge in [0.1, 0.15) is 5.75 Å². The Balaban J connectivity index is 0.000000343. The molecule has 0 aromatic heterocycles. The van der Waals surface area contributed by atoms with Crippen LogP contribution in [0.15, 0.2) is 36.4 Å². The van der Waals surface area contributed by atoms with Crippen molar-refractivity contribution < 1.29 is 30.9 Å². The van der Waals surface area contributed by atoms with E-state index in [-0.39, 0.29) is 4.75 Å². The highest BCUT2D eigenvalue weighted by molar-refractivity contribution is 7.86. The number of thiol groups is 1. The Morgan fingerprint density at radius 1 is 1.07 bits per heavy atom. The first-order valence-electron chi connectivity index (χ1n) is 9.91. The van der Waals surface area contributed by atoms with E-state index in [0.717, 1.165) is 25.2 Å². The summed E-state index contributed by atoms with van der Waals surface area (Å²) in [5.74, 6) is 1.01. The monoisotopic (exact) mass is 464 g/mol. The number of halogens is 3. The largest absolute Gasteiger partial charge is 0.522 e. The van der Waals surface area contributed by atoms with E-state index in [1.54, 1.807) is 0 Å². The maximum Gasteiger partial charge on any atom is 0.522 e. The van der Waals surface area contributed by atoms with Crippen LogP contribution in [0.3, 0.4) is 0 Å². The second kappa shape index (κ2) is 10.2. The first-order valence-corrected chi connectivity index (χ1v) is 11.8. The van der Waals surface area contributed by atoms with E-state index in [1.807, 2.05) is 0 Å². The Labute approximate surface area is 181 Å². The molecule has 0 unspecified atom stereocenters. The molecule has 0 radical (unpaired) electrons. The Kier molecular flexibility index (Phi) is 8.47. The highest BCUT2D eigenvalue weighted by Gasteiger charge is 2.44. The van der Waals surface area contributed by atoms with Crippen molar-refractivity contribution in [2.24, 2.45) is 0 Å². The third-order valence-electron chi connectivity index (χ3n) is 5.11. The first kappa shape index (κ1) is 24.8. The predicted molar refractivity (Wildman–Crippen MR) is 116 cm³/mol. The van der Waals surface area contributed by atoms with Crippen molar-refractivity contribution in [1.82, 2.24) is 0 Å². The van der Waals surface area contributed by atoms with E-state index in [0.29, 0.717) is 0 Å². The minimum Gasteiger partial charge on any atom is -0.493 e. The zero-order chi connectivity index (χ0) is 22.4. The van der Waals surface area contributed by atoms with Crippen LogP contribution in [0.5, 0.6) is 5.75 Å². The van der Waals surface area contributed by atoms with Crippen molar-refractivity contribution in [2.75, 3.05) is 6.61 Å². The van der Waals surface area contributed by atoms with Crippen molar-refractivity contribution in [2.45, 2.75) is 62.1 Å². The lowest BCUT2D eigenvalue weighted by Gasteiger charge is -2.34. The highest BCUT2D eigenvalue weighted by Crippen LogP contribution is 2.46. The number of hydrogen-bond donors (Lipinski definition) is 2. The van der Waals surface area contributed by atoms with Gasteiger partial charge < -0.3 is 4.74 Å². The normalized spacial score (nSPS) is 16.6. The summed E-state index contributed by atoms with van der Waals surface area (Å²) in [6.45, 7) is 2.99. The lowest BCUT2D eigenvalue weighted by molar-refractivity contribution is -0.0510. The average molecular weight is 465 g/mol. The average Bonchev–Trinajstić information content (AvgIpc) is 2.67. The summed E-state index contributed by atoms with van der Waals surface area (Å²) in [5.41, 5.74) is -4.15. The lowest BCUT2D eigenvalue weighted by atomic mass is 9.81. The van der Waals surface area contributed by atoms with Gasteiger partial charge in [-0.15, -0.1) is 0 Å². The van der Waals surface area contributed by atoms with E-state index in [1.165, 1.54) is 48.4 Å². The molecule has 9 heteroatoms. The van der Waals surface area contributed by atoms with E-state index < -0.39 is 15.6 Å². The Morgan fingerprint density at radius 2 is 1.63 bits per heavy atom. The summed E-state index contributed by atoms with van der Waals surface area (Å²) in [6, 6.07) is 13.0. The molecule has 0 bridgehead atoms. The molecule has 0 heterocycles. The topological polar surface area (TPSA) is 63.6 Å². The van der Waals surface area contributed by atoms with Crippen molar-refractivity contribution in [3.63, 3.8) is 0 Å². The standard InChI is InChI=1S/C20H26OS.CHF3O3S/c1-2-3-15-21-19-12-11-18(16-9-5-6-10-17(16)19)20(22)13-7-4-8-14-20;2-1(3,4)8(5,6)7/h5-6,9-12,22H,2-4,7-8,13-15H2,1H3;(H,5,6,7). The minimum absolute atomic E-state index is 0.0276. The molecular weight excluding hydrogens is 437 g/mol. The van der Waals surface area contributed by atoms with Gasteiger partial charge in [0.2, 0.25) is 0 Å². The molecule has 0 atom stereocenters. The Hall–Kier alpha value is -1.45. The molecule has 1 N–H and O–H groups in total. The van der Waals surface area contributed by atoms with Gasteiger partial charge in [0, 0.05) is 10.1 Å². The highest BCUT2D eigenvalue weighted by atomic mass is 32.2. The van der Waals surface area contributed by atoms with Crippen LogP contribution in [0.25, 0.3) is 10.8 Å². The molecule has 1 fully saturated rings. The van der Waals surface area contributed by atoms with Crippen LogP contribution in [0.4, 0.5) is 13.2 Å². The number of ether oxygens (including phenoxy) is 1. The van der Waals surface area contributed by atoms with Gasteiger partial charge in [0.05, 0.1) is 6.61 Å². The summed E-state index contributed by atoms with van der Waals surface area (Å²) in [5, 5.41) is 2.54. The van der Waals surface area contributed by atoms with Gasteiger partial charge >= 0.3 is 15.6 Å². The minimum atomic E-state index is -5.84. The third kappa shape index (κ3) is 6.28. The quantitative estimate of drug-likeness (QED) is 0.229. The van der Waals surface area contributed by atoms with Gasteiger partial charge in [0.15, 0.2) is 0 Å². The molecule has 2 aromatic rings. The Morgan fingerprint density at radius 3 is 2.17 bits per heavy atom. The summed E-state index contributed by atoms with van der Waals surface area (Å²) < 4.78 is 63.6. The zero-order valence-electron chi connectivity index (χ0n) is 16.8. The molecule has 0 spiro atoms. The molecule has 0 aliphatic heterocycles. The number of alkyl halides is 3. The molecule has 4 nitrogen and oxygen atoms in total. The molecule has 2 aromatic carbocycles. The fourth-order valence-electron chi connectivity index (χ4n) is 3.54. The number of benzene rings is 2. The fraction of sp³-hybridized carbons (Fsp3) is 0.524. The van der Waals surface area contributed by atoms with Crippen LogP contribution < -0.4 is 4.74 Å². The first-order chi connectivity index (χ1) is 14.0. The molecule has 0 amide bonds. The van der Waals surface area contributed by atoms with Gasteiger partial charge in [-0.25, -0.2) is 0 Å². The van der Waals surface area contributed by atoms with Crippen molar-refractivity contribution in [3.8, 4) is 5.75 Å². The van der Waals surface area contributed by atoms with E-state index in [9.17, 15) is 13.2 Å². The van der Waals surface area contributed by atoms with Crippen LogP contribution in [0.1, 0.15) is 57.4 Å². The van der Waals surface area contributed by atoms with Crippen LogP contribution in [-0.4, -0.2) is 25.1 Å². The molecule has 3 rings (SSSR count). The number of unbranched alkanes of at least 4 members (excludes halogenated alkanes) is 1. The lowest BCUT2D eigenvalue weighted by Crippen LogP contribution is -2.22. The van der Waals surface area contributed by atoms with Crippen LogP contribution in [0, 0.1) is 0 Å². The molecule has 0 saturated heterocycles. The van der Waals surface area contributed by atoms with Gasteiger partial charge in [-0.1, -0.05) is 62.9 Å². The number of fused-ring (bicyclic) bond motifs is 1. The molecular formula is C21H27F3O4S2. The van der Waals surface area contributed by atoms with Gasteiger partial charge in [-0.3, -0.25) is 4.55 Å². The maximum absolute atomic E-state index is 10.7. The molecule has 1 aliphatic rings. The Bertz CT molecular complexity index is 937. The maximum atomic E-state index is 10.7. The summed E-state index contributed by atoms with van der Waals surface area (Å²) in [4.78, 5) is 0. The second-order valence-electron chi connectivity index (χ2n) is 7.37. The summed E-state index contributed by atoms with van der Waals surface area (Å²) in [7, 11) is -5.84. The smallest absolute Gasteiger partial charge is 0.493 e. The third-order valence-corrected chi connectivity index (χ3v) is 6.39. The van der Waals surface area contributed by atoms with Crippen LogP contribution in [-0.2, 0) is 14.9 Å². The summed E-state index contributed by atoms with van der Waals surface area (Å²) >= 11 is 5.09. The van der Waals surface area contributed by atoms with Gasteiger partial charge in [0.25, 0.3) is 0 Å². The summed E-state index contributed by atoms with van der Waals surface area (Å²) in [6.07, 6.45) is 8.53.